The van der Waals surface area contributed by atoms with Gasteiger partial charge in [0.05, 0.1) is 5.60 Å². The molecule has 5 N–H and O–H groups in total. The molecule has 0 saturated heterocycles. The molecule has 0 aromatic rings. The van der Waals surface area contributed by atoms with E-state index in [0.717, 1.165) is 25.9 Å². The van der Waals surface area contributed by atoms with E-state index >= 15 is 0 Å². The molecule has 0 heterocycles. The highest BCUT2D eigenvalue weighted by atomic mass is 16.5. The number of rotatable bonds is 5. The van der Waals surface area contributed by atoms with Gasteiger partial charge in [0, 0.05) is 6.61 Å². The van der Waals surface area contributed by atoms with Crippen LogP contribution < -0.4 is 6.15 Å². The summed E-state index contributed by atoms with van der Waals surface area (Å²) >= 11 is 0. The lowest BCUT2D eigenvalue weighted by molar-refractivity contribution is -0.0477. The Morgan fingerprint density at radius 1 is 0.917 bits per heavy atom. The van der Waals surface area contributed by atoms with E-state index in [-0.39, 0.29) is 17.2 Å². The molecule has 3 nitrogen and oxygen atoms in total. The van der Waals surface area contributed by atoms with Crippen molar-refractivity contribution in [1.29, 1.82) is 0 Å². The van der Waals surface area contributed by atoms with Crippen LogP contribution in [-0.4, -0.2) is 17.7 Å². The lowest BCUT2D eigenvalue weighted by Crippen LogP contribution is -2.29. The molecule has 12 heavy (non-hydrogen) atoms. The van der Waals surface area contributed by atoms with Crippen molar-refractivity contribution in [3.8, 4) is 0 Å². The largest absolute Gasteiger partial charge is 0.412 e. The zero-order valence-corrected chi connectivity index (χ0v) is 8.94. The minimum absolute atomic E-state index is 0. The van der Waals surface area contributed by atoms with E-state index < -0.39 is 0 Å². The van der Waals surface area contributed by atoms with Crippen molar-refractivity contribution in [2.24, 2.45) is 0 Å². The standard InChI is InChI=1S/C9H20O.H3N.H2O/c1-5-9(6-2,7-3)10-8-4;;/h5-8H2,1-4H3;1H3;1H2. The highest BCUT2D eigenvalue weighted by Gasteiger charge is 2.22. The fraction of sp³-hybridized carbons (Fsp3) is 1.00. The summed E-state index contributed by atoms with van der Waals surface area (Å²) in [6.07, 6.45) is 3.40. The van der Waals surface area contributed by atoms with Crippen molar-refractivity contribution in [1.82, 2.24) is 6.15 Å². The summed E-state index contributed by atoms with van der Waals surface area (Å²) in [6.45, 7) is 9.50. The van der Waals surface area contributed by atoms with Gasteiger partial charge in [0.15, 0.2) is 0 Å². The Bertz CT molecular complexity index is 74.3. The van der Waals surface area contributed by atoms with Crippen LogP contribution in [0.1, 0.15) is 47.0 Å². The van der Waals surface area contributed by atoms with E-state index in [9.17, 15) is 0 Å². The van der Waals surface area contributed by atoms with Gasteiger partial charge in [-0.2, -0.15) is 0 Å². The van der Waals surface area contributed by atoms with Crippen molar-refractivity contribution in [3.63, 3.8) is 0 Å². The molecule has 0 spiro atoms. The molecule has 0 fully saturated rings. The maximum Gasteiger partial charge on any atom is 0.0674 e. The van der Waals surface area contributed by atoms with Gasteiger partial charge in [-0.1, -0.05) is 20.8 Å². The number of hydrogen-bond acceptors (Lipinski definition) is 2. The highest BCUT2D eigenvalue weighted by molar-refractivity contribution is 4.74. The molecule has 78 valence electrons. The van der Waals surface area contributed by atoms with Crippen LogP contribution >= 0.6 is 0 Å². The quantitative estimate of drug-likeness (QED) is 0.703. The van der Waals surface area contributed by atoms with Crippen LogP contribution in [0, 0.1) is 0 Å². The van der Waals surface area contributed by atoms with Gasteiger partial charge in [0.1, 0.15) is 0 Å². The predicted molar refractivity (Wildman–Crippen MR) is 53.9 cm³/mol. The molecular weight excluding hydrogens is 154 g/mol. The van der Waals surface area contributed by atoms with Gasteiger partial charge in [0.25, 0.3) is 0 Å². The Hall–Kier alpha value is -0.120. The third-order valence-corrected chi connectivity index (χ3v) is 2.38. The molecule has 0 bridgehead atoms. The SMILES string of the molecule is CCOC(CC)(CC)CC.N.O. The fourth-order valence-corrected chi connectivity index (χ4v) is 1.36. The monoisotopic (exact) mass is 179 g/mol. The van der Waals surface area contributed by atoms with Gasteiger partial charge in [0.2, 0.25) is 0 Å². The van der Waals surface area contributed by atoms with Gasteiger partial charge in [-0.25, -0.2) is 0 Å². The third-order valence-electron chi connectivity index (χ3n) is 2.38. The summed E-state index contributed by atoms with van der Waals surface area (Å²) < 4.78 is 5.68. The predicted octanol–water partition coefficient (Wildman–Crippen LogP) is 2.33. The minimum Gasteiger partial charge on any atom is -0.412 e. The second-order valence-electron chi connectivity index (χ2n) is 2.68. The molecule has 0 rings (SSSR count). The third kappa shape index (κ3) is 4.70. The van der Waals surface area contributed by atoms with Crippen LogP contribution in [0.3, 0.4) is 0 Å². The first-order valence-corrected chi connectivity index (χ1v) is 4.38. The van der Waals surface area contributed by atoms with Crippen LogP contribution in [0.25, 0.3) is 0 Å². The lowest BCUT2D eigenvalue weighted by Gasteiger charge is -2.30. The van der Waals surface area contributed by atoms with Crippen LogP contribution in [0.5, 0.6) is 0 Å². The molecular formula is C9H25NO2. The van der Waals surface area contributed by atoms with Crippen molar-refractivity contribution in [2.75, 3.05) is 6.61 Å². The normalized spacial score (nSPS) is 10.0. The van der Waals surface area contributed by atoms with Gasteiger partial charge in [-0.05, 0) is 26.2 Å². The zero-order chi connectivity index (χ0) is 8.04. The molecule has 0 aliphatic rings. The molecule has 0 unspecified atom stereocenters. The Balaban J connectivity index is -0.000000405. The maximum absolute atomic E-state index is 5.68. The lowest BCUT2D eigenvalue weighted by atomic mass is 9.94. The number of ether oxygens (including phenoxy) is 1. The Morgan fingerprint density at radius 3 is 1.33 bits per heavy atom. The number of hydrogen-bond donors (Lipinski definition) is 1. The van der Waals surface area contributed by atoms with E-state index in [4.69, 9.17) is 4.74 Å². The first-order valence-electron chi connectivity index (χ1n) is 4.38. The van der Waals surface area contributed by atoms with Crippen molar-refractivity contribution >= 4 is 0 Å². The van der Waals surface area contributed by atoms with Crippen LogP contribution in [0.2, 0.25) is 0 Å². The van der Waals surface area contributed by atoms with E-state index in [1.165, 1.54) is 0 Å². The summed E-state index contributed by atoms with van der Waals surface area (Å²) in [5.74, 6) is 0. The Kier molecular flexibility index (Phi) is 13.3. The Morgan fingerprint density at radius 2 is 1.25 bits per heavy atom. The Labute approximate surface area is 76.4 Å². The van der Waals surface area contributed by atoms with E-state index in [1.54, 1.807) is 0 Å². The second-order valence-corrected chi connectivity index (χ2v) is 2.68. The topological polar surface area (TPSA) is 75.7 Å². The molecule has 0 saturated carbocycles. The van der Waals surface area contributed by atoms with E-state index in [0.29, 0.717) is 0 Å². The minimum atomic E-state index is 0. The van der Waals surface area contributed by atoms with Gasteiger partial charge < -0.3 is 16.4 Å². The summed E-state index contributed by atoms with van der Waals surface area (Å²) in [6, 6.07) is 0. The molecule has 0 aromatic heterocycles. The molecule has 0 aliphatic carbocycles. The molecule has 0 aromatic carbocycles. The smallest absolute Gasteiger partial charge is 0.0674 e. The molecule has 3 heteroatoms. The van der Waals surface area contributed by atoms with Gasteiger partial charge in [-0.3, -0.25) is 0 Å². The van der Waals surface area contributed by atoms with Crippen LogP contribution in [0.15, 0.2) is 0 Å². The summed E-state index contributed by atoms with van der Waals surface area (Å²) in [5, 5.41) is 0. The van der Waals surface area contributed by atoms with Crippen LogP contribution in [0.4, 0.5) is 0 Å². The average Bonchev–Trinajstić information content (AvgIpc) is 2.01. The van der Waals surface area contributed by atoms with Crippen LogP contribution in [-0.2, 0) is 4.74 Å². The second kappa shape index (κ2) is 8.97. The summed E-state index contributed by atoms with van der Waals surface area (Å²) in [4.78, 5) is 0. The molecule has 0 amide bonds. The maximum atomic E-state index is 5.68. The summed E-state index contributed by atoms with van der Waals surface area (Å²) in [7, 11) is 0. The fourth-order valence-electron chi connectivity index (χ4n) is 1.36. The zero-order valence-electron chi connectivity index (χ0n) is 8.94. The average molecular weight is 179 g/mol. The highest BCUT2D eigenvalue weighted by Crippen LogP contribution is 2.23. The van der Waals surface area contributed by atoms with Gasteiger partial charge in [-0.15, -0.1) is 0 Å². The molecule has 0 radical (unpaired) electrons. The summed E-state index contributed by atoms with van der Waals surface area (Å²) in [5.41, 5.74) is 0.175. The molecule has 0 atom stereocenters. The first-order chi connectivity index (χ1) is 4.74. The van der Waals surface area contributed by atoms with E-state index in [2.05, 4.69) is 27.7 Å². The van der Waals surface area contributed by atoms with E-state index in [1.807, 2.05) is 0 Å². The van der Waals surface area contributed by atoms with Crippen molar-refractivity contribution in [2.45, 2.75) is 52.6 Å². The first kappa shape index (κ1) is 17.8. The van der Waals surface area contributed by atoms with Gasteiger partial charge >= 0.3 is 0 Å². The van der Waals surface area contributed by atoms with Crippen molar-refractivity contribution < 1.29 is 10.2 Å². The molecule has 0 aliphatic heterocycles. The van der Waals surface area contributed by atoms with Crippen molar-refractivity contribution in [3.05, 3.63) is 0 Å².